The molecule has 2 aromatic rings. The lowest BCUT2D eigenvalue weighted by Crippen LogP contribution is -1.93. The van der Waals surface area contributed by atoms with Crippen LogP contribution in [0.5, 0.6) is 0 Å². The maximum absolute atomic E-state index is 9.44. The molecule has 3 heteroatoms. The minimum atomic E-state index is 0. The van der Waals surface area contributed by atoms with Gasteiger partial charge in [0, 0.05) is 0 Å². The van der Waals surface area contributed by atoms with E-state index in [2.05, 4.69) is 75.9 Å². The van der Waals surface area contributed by atoms with E-state index in [-0.39, 0.29) is 13.2 Å². The van der Waals surface area contributed by atoms with E-state index >= 15 is 0 Å². The molecule has 0 radical (unpaired) electrons. The number of carbonyl (C=O) groups excluding carboxylic acids is 3. The van der Waals surface area contributed by atoms with Gasteiger partial charge in [0.05, 0.1) is 0 Å². The van der Waals surface area contributed by atoms with Gasteiger partial charge in [-0.25, -0.2) is 0 Å². The fourth-order valence-corrected chi connectivity index (χ4v) is 2.36. The number of Topliss-reactive ketones (excluding diaryl/α,β-unsaturated/α-hetero) is 1. The zero-order chi connectivity index (χ0) is 24.1. The minimum absolute atomic E-state index is 0. The molecular formula is C28H42O3. The third-order valence-electron chi connectivity index (χ3n) is 3.72. The van der Waals surface area contributed by atoms with Gasteiger partial charge in [-0.1, -0.05) is 101 Å². The summed E-state index contributed by atoms with van der Waals surface area (Å²) in [5.41, 5.74) is 7.49. The van der Waals surface area contributed by atoms with Gasteiger partial charge in [0.1, 0.15) is 19.4 Å². The first-order valence-corrected chi connectivity index (χ1v) is 9.93. The summed E-state index contributed by atoms with van der Waals surface area (Å²) < 4.78 is 0. The zero-order valence-electron chi connectivity index (χ0n) is 19.7. The van der Waals surface area contributed by atoms with E-state index < -0.39 is 0 Å². The SMILES string of the molecule is C.C=C(/C(=C(/C)CC)c1ccc(C)cc1)c1ccccc1.C=O.C=O.CC.CC(C)=O. The maximum Gasteiger partial charge on any atom is 0.126 e. The van der Waals surface area contributed by atoms with Gasteiger partial charge >= 0.3 is 0 Å². The van der Waals surface area contributed by atoms with Gasteiger partial charge in [-0.2, -0.15) is 0 Å². The summed E-state index contributed by atoms with van der Waals surface area (Å²) >= 11 is 0. The lowest BCUT2D eigenvalue weighted by atomic mass is 9.89. The van der Waals surface area contributed by atoms with Crippen molar-refractivity contribution in [3.8, 4) is 0 Å². The van der Waals surface area contributed by atoms with Gasteiger partial charge in [0.2, 0.25) is 0 Å². The maximum atomic E-state index is 9.44. The van der Waals surface area contributed by atoms with E-state index in [9.17, 15) is 4.79 Å². The van der Waals surface area contributed by atoms with Crippen LogP contribution in [0, 0.1) is 6.92 Å². The Balaban J connectivity index is -0.000000287. The van der Waals surface area contributed by atoms with Gasteiger partial charge in [-0.3, -0.25) is 0 Å². The lowest BCUT2D eigenvalue weighted by molar-refractivity contribution is -0.115. The highest BCUT2D eigenvalue weighted by atomic mass is 16.1. The van der Waals surface area contributed by atoms with Crippen LogP contribution in [0.3, 0.4) is 0 Å². The van der Waals surface area contributed by atoms with E-state index in [4.69, 9.17) is 9.59 Å². The molecule has 0 saturated heterocycles. The first kappa shape index (κ1) is 35.4. The molecule has 0 fully saturated rings. The smallest absolute Gasteiger partial charge is 0.126 e. The number of benzene rings is 2. The summed E-state index contributed by atoms with van der Waals surface area (Å²) in [6, 6.07) is 19.1. The highest BCUT2D eigenvalue weighted by Gasteiger charge is 2.10. The third kappa shape index (κ3) is 15.4. The Kier molecular flexibility index (Phi) is 26.5. The standard InChI is InChI=1S/C20H22.C3H6O.C2H6.2CH2O.CH4/c1-5-16(3)20(19-13-11-15(2)12-14-19)17(4)18-9-7-6-8-10-18;1-3(2)4;3*1-2;/h6-14H,4-5H2,1-3H3;1-2H3;1-2H3;2*1H2;1H4/b20-16+;;;;;. The molecule has 0 heterocycles. The Morgan fingerprint density at radius 1 is 0.774 bits per heavy atom. The molecule has 0 atom stereocenters. The van der Waals surface area contributed by atoms with E-state index in [1.807, 2.05) is 33.5 Å². The molecule has 0 spiro atoms. The van der Waals surface area contributed by atoms with Crippen molar-refractivity contribution in [3.63, 3.8) is 0 Å². The van der Waals surface area contributed by atoms with Crippen LogP contribution in [0.2, 0.25) is 0 Å². The normalized spacial score (nSPS) is 9.00. The molecule has 3 nitrogen and oxygen atoms in total. The van der Waals surface area contributed by atoms with Crippen molar-refractivity contribution in [2.24, 2.45) is 0 Å². The number of hydrogen-bond acceptors (Lipinski definition) is 3. The lowest BCUT2D eigenvalue weighted by Gasteiger charge is -2.15. The van der Waals surface area contributed by atoms with Gasteiger partial charge in [0.25, 0.3) is 0 Å². The molecule has 31 heavy (non-hydrogen) atoms. The summed E-state index contributed by atoms with van der Waals surface area (Å²) in [6.45, 7) is 21.9. The molecule has 0 saturated carbocycles. The molecule has 0 aromatic heterocycles. The highest BCUT2D eigenvalue weighted by molar-refractivity contribution is 6.05. The largest absolute Gasteiger partial charge is 0.307 e. The molecule has 0 aliphatic rings. The molecule has 0 amide bonds. The Morgan fingerprint density at radius 2 is 1.16 bits per heavy atom. The van der Waals surface area contributed by atoms with E-state index in [0.717, 1.165) is 12.0 Å². The summed E-state index contributed by atoms with van der Waals surface area (Å²) in [7, 11) is 0. The van der Waals surface area contributed by atoms with Crippen molar-refractivity contribution >= 4 is 30.5 Å². The second-order valence-corrected chi connectivity index (χ2v) is 6.13. The van der Waals surface area contributed by atoms with Crippen molar-refractivity contribution in [1.82, 2.24) is 0 Å². The summed E-state index contributed by atoms with van der Waals surface area (Å²) in [6.07, 6.45) is 1.04. The Morgan fingerprint density at radius 3 is 1.52 bits per heavy atom. The molecule has 0 unspecified atom stereocenters. The molecule has 2 rings (SSSR count). The minimum Gasteiger partial charge on any atom is -0.307 e. The van der Waals surface area contributed by atoms with Crippen molar-refractivity contribution in [2.45, 2.75) is 62.3 Å². The highest BCUT2D eigenvalue weighted by Crippen LogP contribution is 2.33. The van der Waals surface area contributed by atoms with E-state index in [1.54, 1.807) is 0 Å². The van der Waals surface area contributed by atoms with Crippen LogP contribution < -0.4 is 0 Å². The molecule has 0 aliphatic carbocycles. The average molecular weight is 427 g/mol. The summed E-state index contributed by atoms with van der Waals surface area (Å²) in [5.74, 6) is 0.167. The fourth-order valence-electron chi connectivity index (χ4n) is 2.36. The second kappa shape index (κ2) is 23.2. The number of allylic oxidation sites excluding steroid dienone is 3. The van der Waals surface area contributed by atoms with Crippen LogP contribution in [0.1, 0.15) is 72.1 Å². The fraction of sp³-hybridized carbons (Fsp3) is 0.321. The van der Waals surface area contributed by atoms with E-state index in [0.29, 0.717) is 0 Å². The Bertz CT molecular complexity index is 736. The van der Waals surface area contributed by atoms with Crippen molar-refractivity contribution in [3.05, 3.63) is 83.4 Å². The molecule has 0 aliphatic heterocycles. The van der Waals surface area contributed by atoms with Crippen LogP contribution >= 0.6 is 0 Å². The number of aryl methyl sites for hydroxylation is 1. The topological polar surface area (TPSA) is 51.2 Å². The summed E-state index contributed by atoms with van der Waals surface area (Å²) in [5, 5.41) is 0. The number of carbonyl (C=O) groups is 3. The molecule has 0 bridgehead atoms. The number of ketones is 1. The molecular weight excluding hydrogens is 384 g/mol. The Hall–Kier alpha value is -3.07. The van der Waals surface area contributed by atoms with Crippen molar-refractivity contribution in [2.75, 3.05) is 0 Å². The zero-order valence-corrected chi connectivity index (χ0v) is 19.7. The second-order valence-electron chi connectivity index (χ2n) is 6.13. The van der Waals surface area contributed by atoms with E-state index in [1.165, 1.54) is 41.7 Å². The van der Waals surface area contributed by atoms with Crippen LogP contribution in [-0.2, 0) is 14.4 Å². The van der Waals surface area contributed by atoms with Gasteiger partial charge < -0.3 is 14.4 Å². The van der Waals surface area contributed by atoms with Crippen molar-refractivity contribution < 1.29 is 14.4 Å². The predicted octanol–water partition coefficient (Wildman–Crippen LogP) is 7.78. The first-order valence-electron chi connectivity index (χ1n) is 9.93. The average Bonchev–Trinajstić information content (AvgIpc) is 2.79. The van der Waals surface area contributed by atoms with Crippen molar-refractivity contribution in [1.29, 1.82) is 0 Å². The quantitative estimate of drug-likeness (QED) is 0.469. The predicted molar refractivity (Wildman–Crippen MR) is 138 cm³/mol. The van der Waals surface area contributed by atoms with Crippen LogP contribution in [0.25, 0.3) is 11.1 Å². The van der Waals surface area contributed by atoms with Crippen LogP contribution in [0.15, 0.2) is 66.7 Å². The monoisotopic (exact) mass is 426 g/mol. The number of rotatable bonds is 4. The van der Waals surface area contributed by atoms with Gasteiger partial charge in [0.15, 0.2) is 0 Å². The van der Waals surface area contributed by atoms with Gasteiger partial charge in [-0.15, -0.1) is 0 Å². The Labute approximate surface area is 190 Å². The summed E-state index contributed by atoms with van der Waals surface area (Å²) in [4.78, 5) is 25.4. The molecule has 0 N–H and O–H groups in total. The van der Waals surface area contributed by atoms with Crippen LogP contribution in [0.4, 0.5) is 0 Å². The molecule has 2 aromatic carbocycles. The number of hydrogen-bond donors (Lipinski definition) is 0. The third-order valence-corrected chi connectivity index (χ3v) is 3.72. The van der Waals surface area contributed by atoms with Gasteiger partial charge in [-0.05, 0) is 56.4 Å². The molecule has 172 valence electrons. The van der Waals surface area contributed by atoms with Crippen LogP contribution in [-0.4, -0.2) is 19.4 Å². The first-order chi connectivity index (χ1) is 14.4.